The van der Waals surface area contributed by atoms with Crippen molar-refractivity contribution in [1.29, 1.82) is 0 Å². The van der Waals surface area contributed by atoms with E-state index in [1.165, 1.54) is 29.5 Å². The van der Waals surface area contributed by atoms with Crippen LogP contribution in [0.5, 0.6) is 0 Å². The van der Waals surface area contributed by atoms with Gasteiger partial charge < -0.3 is 14.8 Å². The molecule has 0 spiro atoms. The van der Waals surface area contributed by atoms with Crippen LogP contribution in [-0.2, 0) is 24.2 Å². The molecule has 0 radical (unpaired) electrons. The van der Waals surface area contributed by atoms with Gasteiger partial charge in [0.1, 0.15) is 11.5 Å². The van der Waals surface area contributed by atoms with Gasteiger partial charge in [-0.15, -0.1) is 16.5 Å². The van der Waals surface area contributed by atoms with Crippen LogP contribution in [0.15, 0.2) is 52.7 Å². The predicted octanol–water partition coefficient (Wildman–Crippen LogP) is 5.99. The van der Waals surface area contributed by atoms with Crippen LogP contribution in [0.3, 0.4) is 0 Å². The summed E-state index contributed by atoms with van der Waals surface area (Å²) < 4.78 is 43.6. The average Bonchev–Trinajstić information content (AvgIpc) is 3.51. The molecular weight excluding hydrogens is 578 g/mol. The SMILES string of the molecule is CC1CCCC=C1c1cc(-c2nn(-c3nc(C(O)O)cs3)c(CC3CC3)c2Cc2ccc([S+](N)[O-])c(F)c2)ccc1F. The Morgan fingerprint density at radius 1 is 1.14 bits per heavy atom. The predicted molar refractivity (Wildman–Crippen MR) is 159 cm³/mol. The molecule has 2 aromatic carbocycles. The molecule has 11 heteroatoms. The molecule has 2 aliphatic carbocycles. The molecule has 220 valence electrons. The summed E-state index contributed by atoms with van der Waals surface area (Å²) in [5, 5.41) is 31.9. The second-order valence-electron chi connectivity index (χ2n) is 11.2. The summed E-state index contributed by atoms with van der Waals surface area (Å²) in [4.78, 5) is 4.36. The molecule has 2 aliphatic rings. The lowest BCUT2D eigenvalue weighted by Gasteiger charge is -2.21. The number of benzene rings is 2. The van der Waals surface area contributed by atoms with Crippen LogP contribution in [0.2, 0.25) is 0 Å². The molecule has 6 rings (SSSR count). The number of halogens is 2. The van der Waals surface area contributed by atoms with Crippen molar-refractivity contribution < 1.29 is 23.5 Å². The number of hydrogen-bond acceptors (Lipinski definition) is 7. The second kappa shape index (κ2) is 12.0. The van der Waals surface area contributed by atoms with Crippen LogP contribution < -0.4 is 5.14 Å². The third-order valence-electron chi connectivity index (χ3n) is 8.11. The summed E-state index contributed by atoms with van der Waals surface area (Å²) in [7, 11) is 0. The van der Waals surface area contributed by atoms with Gasteiger partial charge in [0.15, 0.2) is 12.1 Å². The Bertz CT molecular complexity index is 1650. The third kappa shape index (κ3) is 5.95. The van der Waals surface area contributed by atoms with Crippen LogP contribution in [0.25, 0.3) is 22.0 Å². The van der Waals surface area contributed by atoms with E-state index in [9.17, 15) is 19.2 Å². The van der Waals surface area contributed by atoms with E-state index in [1.807, 2.05) is 6.07 Å². The molecule has 0 amide bonds. The Morgan fingerprint density at radius 2 is 1.95 bits per heavy atom. The highest BCUT2D eigenvalue weighted by Gasteiger charge is 2.30. The molecule has 2 aromatic heterocycles. The highest BCUT2D eigenvalue weighted by Crippen LogP contribution is 2.40. The first-order valence-electron chi connectivity index (χ1n) is 14.1. The van der Waals surface area contributed by atoms with Gasteiger partial charge in [-0.25, -0.2) is 18.4 Å². The van der Waals surface area contributed by atoms with Crippen molar-refractivity contribution in [3.8, 4) is 16.4 Å². The van der Waals surface area contributed by atoms with Gasteiger partial charge in [0, 0.05) is 28.5 Å². The standard InChI is InChI=1S/C31H32F2N4O3S2/c1-17-4-2-3-5-21(17)22-15-20(9-10-24(22)32)29-23(12-19-8-11-28(42(34)40)25(33)13-19)27(14-18-6-7-18)37(36-29)31-35-26(16-41-31)30(38)39/h5,8-11,13,15-18,30,38-39H,2-4,6-7,12,14,34H2,1H3. The minimum atomic E-state index is -1.95. The third-order valence-corrected chi connectivity index (χ3v) is 9.70. The number of aliphatic hydroxyl groups is 2. The van der Waals surface area contributed by atoms with Gasteiger partial charge in [-0.2, -0.15) is 5.10 Å². The normalized spacial score (nSPS) is 18.0. The first kappa shape index (κ1) is 29.2. The van der Waals surface area contributed by atoms with Crippen molar-refractivity contribution in [2.45, 2.75) is 63.1 Å². The molecule has 4 aromatic rings. The first-order valence-corrected chi connectivity index (χ1v) is 16.2. The molecule has 0 aliphatic heterocycles. The van der Waals surface area contributed by atoms with Gasteiger partial charge in [0.2, 0.25) is 10.0 Å². The highest BCUT2D eigenvalue weighted by atomic mass is 32.2. The zero-order valence-corrected chi connectivity index (χ0v) is 24.7. The van der Waals surface area contributed by atoms with Crippen molar-refractivity contribution in [1.82, 2.24) is 14.8 Å². The Balaban J connectivity index is 1.52. The largest absolute Gasteiger partial charge is 0.593 e. The van der Waals surface area contributed by atoms with Gasteiger partial charge in [-0.3, -0.25) is 0 Å². The number of thiazole rings is 1. The van der Waals surface area contributed by atoms with E-state index >= 15 is 4.39 Å². The number of nitrogens with zero attached hydrogens (tertiary/aromatic N) is 3. The summed E-state index contributed by atoms with van der Waals surface area (Å²) in [5.41, 5.74) is 5.44. The minimum absolute atomic E-state index is 0.0659. The Kier molecular flexibility index (Phi) is 8.32. The number of allylic oxidation sites excluding steroid dienone is 2. The molecule has 42 heavy (non-hydrogen) atoms. The summed E-state index contributed by atoms with van der Waals surface area (Å²) in [6, 6.07) is 9.54. The maximum atomic E-state index is 15.2. The number of rotatable bonds is 9. The average molecular weight is 611 g/mol. The van der Waals surface area contributed by atoms with E-state index in [4.69, 9.17) is 10.2 Å². The van der Waals surface area contributed by atoms with Crippen molar-refractivity contribution >= 4 is 28.3 Å². The molecule has 7 nitrogen and oxygen atoms in total. The minimum Gasteiger partial charge on any atom is -0.593 e. The van der Waals surface area contributed by atoms with E-state index < -0.39 is 23.5 Å². The fraction of sp³-hybridized carbons (Fsp3) is 0.355. The fourth-order valence-electron chi connectivity index (χ4n) is 5.69. The van der Waals surface area contributed by atoms with Crippen LogP contribution >= 0.6 is 11.3 Å². The Hall–Kier alpha value is -2.93. The number of aromatic nitrogens is 3. The Labute approximate surface area is 250 Å². The summed E-state index contributed by atoms with van der Waals surface area (Å²) in [5.74, 6) is -0.230. The molecule has 4 N–H and O–H groups in total. The summed E-state index contributed by atoms with van der Waals surface area (Å²) >= 11 is -0.701. The zero-order chi connectivity index (χ0) is 29.5. The van der Waals surface area contributed by atoms with Crippen molar-refractivity contribution in [3.63, 3.8) is 0 Å². The van der Waals surface area contributed by atoms with Gasteiger partial charge in [0.25, 0.3) is 0 Å². The Morgan fingerprint density at radius 3 is 2.62 bits per heavy atom. The van der Waals surface area contributed by atoms with Gasteiger partial charge in [0.05, 0.1) is 22.7 Å². The molecule has 0 bridgehead atoms. The summed E-state index contributed by atoms with van der Waals surface area (Å²) in [6.07, 6.45) is 6.59. The number of nitrogens with two attached hydrogens (primary N) is 1. The first-order chi connectivity index (χ1) is 20.2. The highest BCUT2D eigenvalue weighted by molar-refractivity contribution is 7.89. The molecular formula is C31H32F2N4O3S2. The van der Waals surface area contributed by atoms with Gasteiger partial charge in [-0.05, 0) is 91.8 Å². The summed E-state index contributed by atoms with van der Waals surface area (Å²) in [6.45, 7) is 2.12. The van der Waals surface area contributed by atoms with Crippen LogP contribution in [0.4, 0.5) is 8.78 Å². The van der Waals surface area contributed by atoms with E-state index in [0.29, 0.717) is 40.7 Å². The fourth-order valence-corrected chi connectivity index (χ4v) is 6.95. The zero-order valence-electron chi connectivity index (χ0n) is 23.1. The van der Waals surface area contributed by atoms with Gasteiger partial charge >= 0.3 is 0 Å². The molecule has 1 fully saturated rings. The van der Waals surface area contributed by atoms with E-state index in [0.717, 1.165) is 54.5 Å². The molecule has 0 saturated heterocycles. The van der Waals surface area contributed by atoms with Crippen molar-refractivity contribution in [2.75, 3.05) is 0 Å². The number of aliphatic hydroxyl groups excluding tert-OH is 1. The van der Waals surface area contributed by atoms with Crippen molar-refractivity contribution in [2.24, 2.45) is 17.0 Å². The molecule has 1 saturated carbocycles. The monoisotopic (exact) mass is 610 g/mol. The molecule has 2 unspecified atom stereocenters. The van der Waals surface area contributed by atoms with E-state index in [-0.39, 0.29) is 22.3 Å². The smallest absolute Gasteiger partial charge is 0.210 e. The maximum Gasteiger partial charge on any atom is 0.210 e. The van der Waals surface area contributed by atoms with Crippen LogP contribution in [-0.4, -0.2) is 29.5 Å². The topological polar surface area (TPSA) is 120 Å². The van der Waals surface area contributed by atoms with E-state index in [2.05, 4.69) is 18.0 Å². The maximum absolute atomic E-state index is 15.2. The quantitative estimate of drug-likeness (QED) is 0.158. The number of hydrogen-bond donors (Lipinski definition) is 3. The lowest BCUT2D eigenvalue weighted by Crippen LogP contribution is -2.14. The molecule has 2 atom stereocenters. The molecule has 2 heterocycles. The van der Waals surface area contributed by atoms with Crippen molar-refractivity contribution in [3.05, 3.63) is 87.6 Å². The lowest BCUT2D eigenvalue weighted by atomic mass is 9.84. The second-order valence-corrected chi connectivity index (χ2v) is 13.1. The van der Waals surface area contributed by atoms with Gasteiger partial charge in [-0.1, -0.05) is 19.1 Å². The lowest BCUT2D eigenvalue weighted by molar-refractivity contribution is -0.0454. The van der Waals surface area contributed by atoms with Crippen LogP contribution in [0, 0.1) is 23.5 Å². The van der Waals surface area contributed by atoms with E-state index in [1.54, 1.807) is 22.2 Å². The van der Waals surface area contributed by atoms with Crippen LogP contribution in [0.1, 0.15) is 73.4 Å².